The number of hydrogen-bond acceptors (Lipinski definition) is 4. The molecule has 0 fully saturated rings. The van der Waals surface area contributed by atoms with Crippen molar-refractivity contribution in [3.8, 4) is 5.75 Å². The molecule has 3 N–H and O–H groups in total. The van der Waals surface area contributed by atoms with Crippen LogP contribution in [0.2, 0.25) is 0 Å². The molecule has 1 aromatic carbocycles. The monoisotopic (exact) mass is 296 g/mol. The molecule has 0 saturated heterocycles. The van der Waals surface area contributed by atoms with Crippen LogP contribution in [0.4, 0.5) is 0 Å². The van der Waals surface area contributed by atoms with Crippen LogP contribution in [-0.4, -0.2) is 23.9 Å². The van der Waals surface area contributed by atoms with Crippen molar-refractivity contribution >= 4 is 17.6 Å². The van der Waals surface area contributed by atoms with Crippen LogP contribution in [0.3, 0.4) is 0 Å². The molecule has 0 heterocycles. The van der Waals surface area contributed by atoms with E-state index in [2.05, 4.69) is 11.2 Å². The second-order valence-corrected chi connectivity index (χ2v) is 6.17. The SMILES string of the molecule is CSc1ccccc1OCCCCC(C)(C)/C(N)=N/O. The maximum atomic E-state index is 8.72. The Balaban J connectivity index is 2.32. The molecule has 0 aliphatic rings. The molecule has 20 heavy (non-hydrogen) atoms. The molecular formula is C15H24N2O2S. The summed E-state index contributed by atoms with van der Waals surface area (Å²) in [5.41, 5.74) is 5.39. The zero-order chi connectivity index (χ0) is 15.0. The molecule has 1 aromatic rings. The zero-order valence-electron chi connectivity index (χ0n) is 12.4. The second kappa shape index (κ2) is 8.04. The molecule has 1 rings (SSSR count). The molecular weight excluding hydrogens is 272 g/mol. The first-order valence-corrected chi connectivity index (χ1v) is 7.97. The van der Waals surface area contributed by atoms with Gasteiger partial charge in [0.2, 0.25) is 0 Å². The standard InChI is InChI=1S/C15H24N2O2S/c1-15(2,14(16)17-18)10-6-7-11-19-12-8-4-5-9-13(12)20-3/h4-5,8-9,18H,6-7,10-11H2,1-3H3,(H2,16,17). The number of oxime groups is 1. The highest BCUT2D eigenvalue weighted by atomic mass is 32.2. The Morgan fingerprint density at radius 2 is 2.05 bits per heavy atom. The first-order valence-electron chi connectivity index (χ1n) is 6.75. The van der Waals surface area contributed by atoms with Gasteiger partial charge in [0.25, 0.3) is 0 Å². The fraction of sp³-hybridized carbons (Fsp3) is 0.533. The average Bonchev–Trinajstić information content (AvgIpc) is 2.46. The number of thioether (sulfide) groups is 1. The van der Waals surface area contributed by atoms with Crippen LogP contribution in [-0.2, 0) is 0 Å². The van der Waals surface area contributed by atoms with Gasteiger partial charge in [-0.3, -0.25) is 0 Å². The first kappa shape index (κ1) is 16.7. The van der Waals surface area contributed by atoms with Gasteiger partial charge in [0, 0.05) is 10.3 Å². The number of benzene rings is 1. The second-order valence-electron chi connectivity index (χ2n) is 5.33. The number of unbranched alkanes of at least 4 members (excludes halogenated alkanes) is 1. The van der Waals surface area contributed by atoms with E-state index in [0.717, 1.165) is 29.9 Å². The van der Waals surface area contributed by atoms with E-state index in [0.29, 0.717) is 6.61 Å². The van der Waals surface area contributed by atoms with Crippen LogP contribution < -0.4 is 10.5 Å². The highest BCUT2D eigenvalue weighted by molar-refractivity contribution is 7.98. The lowest BCUT2D eigenvalue weighted by atomic mass is 9.86. The predicted octanol–water partition coefficient (Wildman–Crippen LogP) is 3.73. The lowest BCUT2D eigenvalue weighted by Crippen LogP contribution is -2.31. The molecule has 0 spiro atoms. The smallest absolute Gasteiger partial charge is 0.144 e. The summed E-state index contributed by atoms with van der Waals surface area (Å²) in [5, 5.41) is 11.8. The van der Waals surface area contributed by atoms with Gasteiger partial charge in [-0.05, 0) is 37.7 Å². The van der Waals surface area contributed by atoms with E-state index in [9.17, 15) is 0 Å². The Labute approximate surface area is 125 Å². The Morgan fingerprint density at radius 1 is 1.35 bits per heavy atom. The van der Waals surface area contributed by atoms with Gasteiger partial charge in [-0.25, -0.2) is 0 Å². The Bertz CT molecular complexity index is 447. The summed E-state index contributed by atoms with van der Waals surface area (Å²) in [6.45, 7) is 4.64. The van der Waals surface area contributed by atoms with Gasteiger partial charge in [-0.2, -0.15) is 0 Å². The lowest BCUT2D eigenvalue weighted by Gasteiger charge is -2.22. The molecule has 0 unspecified atom stereocenters. The van der Waals surface area contributed by atoms with E-state index >= 15 is 0 Å². The molecule has 0 radical (unpaired) electrons. The topological polar surface area (TPSA) is 67.8 Å². The Hall–Kier alpha value is -1.36. The number of para-hydroxylation sites is 1. The molecule has 0 saturated carbocycles. The molecule has 0 aliphatic heterocycles. The van der Waals surface area contributed by atoms with Crippen molar-refractivity contribution in [1.29, 1.82) is 0 Å². The number of rotatable bonds is 8. The van der Waals surface area contributed by atoms with E-state index < -0.39 is 0 Å². The number of nitrogens with zero attached hydrogens (tertiary/aromatic N) is 1. The van der Waals surface area contributed by atoms with E-state index in [1.165, 1.54) is 0 Å². The van der Waals surface area contributed by atoms with Gasteiger partial charge in [-0.15, -0.1) is 11.8 Å². The van der Waals surface area contributed by atoms with Crippen molar-refractivity contribution in [1.82, 2.24) is 0 Å². The maximum Gasteiger partial charge on any atom is 0.144 e. The molecule has 0 aromatic heterocycles. The summed E-state index contributed by atoms with van der Waals surface area (Å²) in [6, 6.07) is 8.04. The van der Waals surface area contributed by atoms with Crippen molar-refractivity contribution < 1.29 is 9.94 Å². The number of ether oxygens (including phenoxy) is 1. The summed E-state index contributed by atoms with van der Waals surface area (Å²) < 4.78 is 5.80. The largest absolute Gasteiger partial charge is 0.492 e. The summed E-state index contributed by atoms with van der Waals surface area (Å²) >= 11 is 1.69. The van der Waals surface area contributed by atoms with Crippen LogP contribution in [0.1, 0.15) is 33.1 Å². The fourth-order valence-corrected chi connectivity index (χ4v) is 2.40. The van der Waals surface area contributed by atoms with Crippen molar-refractivity contribution in [2.24, 2.45) is 16.3 Å². The minimum atomic E-state index is -0.272. The molecule has 5 heteroatoms. The third kappa shape index (κ3) is 4.96. The summed E-state index contributed by atoms with van der Waals surface area (Å²) in [4.78, 5) is 1.16. The third-order valence-corrected chi connectivity index (χ3v) is 4.10. The van der Waals surface area contributed by atoms with Crippen LogP contribution >= 0.6 is 11.8 Å². The van der Waals surface area contributed by atoms with E-state index in [-0.39, 0.29) is 11.3 Å². The van der Waals surface area contributed by atoms with Gasteiger partial charge in [0.1, 0.15) is 11.6 Å². The van der Waals surface area contributed by atoms with Crippen LogP contribution in [0, 0.1) is 5.41 Å². The van der Waals surface area contributed by atoms with Crippen LogP contribution in [0.5, 0.6) is 5.75 Å². The van der Waals surface area contributed by atoms with Crippen molar-refractivity contribution in [2.45, 2.75) is 38.0 Å². The molecule has 4 nitrogen and oxygen atoms in total. The third-order valence-electron chi connectivity index (χ3n) is 3.32. The number of amidine groups is 1. The fourth-order valence-electron chi connectivity index (χ4n) is 1.85. The van der Waals surface area contributed by atoms with E-state index in [1.807, 2.05) is 38.3 Å². The summed E-state index contributed by atoms with van der Waals surface area (Å²) in [6.07, 6.45) is 4.84. The molecule has 0 atom stereocenters. The summed E-state index contributed by atoms with van der Waals surface area (Å²) in [7, 11) is 0. The molecule has 0 amide bonds. The van der Waals surface area contributed by atoms with E-state index in [4.69, 9.17) is 15.7 Å². The van der Waals surface area contributed by atoms with Gasteiger partial charge in [0.15, 0.2) is 0 Å². The molecule has 0 bridgehead atoms. The van der Waals surface area contributed by atoms with Crippen molar-refractivity contribution in [3.63, 3.8) is 0 Å². The Kier molecular flexibility index (Phi) is 6.71. The number of nitrogens with two attached hydrogens (primary N) is 1. The normalized spacial score (nSPS) is 12.4. The Morgan fingerprint density at radius 3 is 2.70 bits per heavy atom. The molecule has 0 aliphatic carbocycles. The van der Waals surface area contributed by atoms with Crippen molar-refractivity contribution in [2.75, 3.05) is 12.9 Å². The van der Waals surface area contributed by atoms with E-state index in [1.54, 1.807) is 11.8 Å². The van der Waals surface area contributed by atoms with Gasteiger partial charge >= 0.3 is 0 Å². The minimum absolute atomic E-state index is 0.272. The maximum absolute atomic E-state index is 8.72. The van der Waals surface area contributed by atoms with Gasteiger partial charge in [0.05, 0.1) is 6.61 Å². The number of hydrogen-bond donors (Lipinski definition) is 2. The lowest BCUT2D eigenvalue weighted by molar-refractivity contribution is 0.284. The highest BCUT2D eigenvalue weighted by Crippen LogP contribution is 2.27. The van der Waals surface area contributed by atoms with Crippen LogP contribution in [0.25, 0.3) is 0 Å². The first-order chi connectivity index (χ1) is 9.51. The van der Waals surface area contributed by atoms with Crippen molar-refractivity contribution in [3.05, 3.63) is 24.3 Å². The zero-order valence-corrected chi connectivity index (χ0v) is 13.2. The summed E-state index contributed by atoms with van der Waals surface area (Å²) in [5.74, 6) is 1.22. The van der Waals surface area contributed by atoms with Crippen LogP contribution in [0.15, 0.2) is 34.3 Å². The highest BCUT2D eigenvalue weighted by Gasteiger charge is 2.22. The predicted molar refractivity (Wildman–Crippen MR) is 84.8 cm³/mol. The average molecular weight is 296 g/mol. The van der Waals surface area contributed by atoms with Gasteiger partial charge < -0.3 is 15.7 Å². The molecule has 112 valence electrons. The quantitative estimate of drug-likeness (QED) is 0.191. The van der Waals surface area contributed by atoms with Gasteiger partial charge in [-0.1, -0.05) is 31.1 Å². The minimum Gasteiger partial charge on any atom is -0.492 e.